The third kappa shape index (κ3) is 3.89. The molecule has 0 saturated heterocycles. The van der Waals surface area contributed by atoms with Crippen LogP contribution in [-0.4, -0.2) is 42.2 Å². The maximum absolute atomic E-state index is 13.0. The molecule has 0 aliphatic rings. The number of pyridine rings is 1. The van der Waals surface area contributed by atoms with Gasteiger partial charge in [-0.2, -0.15) is 10.2 Å². The van der Waals surface area contributed by atoms with Crippen molar-refractivity contribution in [2.45, 2.75) is 33.9 Å². The fourth-order valence-electron chi connectivity index (χ4n) is 3.23. The SMILES string of the molecule is CCn1ccc(-c2cc(C(=O)NC[C@@H](C)Cn3cccn3)c3c(C)noc3n2)n1. The van der Waals surface area contributed by atoms with E-state index in [9.17, 15) is 4.79 Å². The Labute approximate surface area is 167 Å². The van der Waals surface area contributed by atoms with Crippen molar-refractivity contribution in [1.82, 2.24) is 35.0 Å². The lowest BCUT2D eigenvalue weighted by molar-refractivity contribution is 0.0948. The fourth-order valence-corrected chi connectivity index (χ4v) is 3.23. The summed E-state index contributed by atoms with van der Waals surface area (Å²) in [5.74, 6) is 0.0339. The van der Waals surface area contributed by atoms with Crippen molar-refractivity contribution in [1.29, 1.82) is 0 Å². The zero-order valence-corrected chi connectivity index (χ0v) is 16.7. The van der Waals surface area contributed by atoms with Gasteiger partial charge in [-0.25, -0.2) is 4.98 Å². The molecule has 0 saturated carbocycles. The third-order valence-electron chi connectivity index (χ3n) is 4.76. The largest absolute Gasteiger partial charge is 0.352 e. The van der Waals surface area contributed by atoms with Crippen molar-refractivity contribution in [2.75, 3.05) is 6.54 Å². The second kappa shape index (κ2) is 7.86. The van der Waals surface area contributed by atoms with Gasteiger partial charge in [0.25, 0.3) is 11.6 Å². The first kappa shape index (κ1) is 18.9. The number of amides is 1. The van der Waals surface area contributed by atoms with Crippen LogP contribution in [0.25, 0.3) is 22.5 Å². The van der Waals surface area contributed by atoms with Gasteiger partial charge in [0, 0.05) is 38.2 Å². The van der Waals surface area contributed by atoms with Crippen LogP contribution >= 0.6 is 0 Å². The number of rotatable bonds is 7. The minimum absolute atomic E-state index is 0.188. The Morgan fingerprint density at radius 1 is 1.28 bits per heavy atom. The molecule has 4 heterocycles. The van der Waals surface area contributed by atoms with E-state index in [1.807, 2.05) is 40.8 Å². The highest BCUT2D eigenvalue weighted by Crippen LogP contribution is 2.26. The number of hydrogen-bond acceptors (Lipinski definition) is 6. The molecule has 1 amide bonds. The molecule has 0 spiro atoms. The summed E-state index contributed by atoms with van der Waals surface area (Å²) >= 11 is 0. The number of aromatic nitrogens is 6. The van der Waals surface area contributed by atoms with Gasteiger partial charge >= 0.3 is 0 Å². The number of hydrogen-bond donors (Lipinski definition) is 1. The van der Waals surface area contributed by atoms with Crippen molar-refractivity contribution < 1.29 is 9.32 Å². The van der Waals surface area contributed by atoms with Crippen LogP contribution in [0.5, 0.6) is 0 Å². The van der Waals surface area contributed by atoms with Gasteiger partial charge < -0.3 is 9.84 Å². The molecule has 0 aliphatic heterocycles. The second-order valence-electron chi connectivity index (χ2n) is 7.10. The Morgan fingerprint density at radius 2 is 2.14 bits per heavy atom. The van der Waals surface area contributed by atoms with Crippen LogP contribution in [0.2, 0.25) is 0 Å². The van der Waals surface area contributed by atoms with E-state index in [-0.39, 0.29) is 11.8 Å². The lowest BCUT2D eigenvalue weighted by Crippen LogP contribution is -2.30. The molecule has 0 aromatic carbocycles. The third-order valence-corrected chi connectivity index (χ3v) is 4.76. The first-order valence-corrected chi connectivity index (χ1v) is 9.61. The first-order chi connectivity index (χ1) is 14.0. The molecule has 0 bridgehead atoms. The highest BCUT2D eigenvalue weighted by molar-refractivity contribution is 6.06. The summed E-state index contributed by atoms with van der Waals surface area (Å²) in [5, 5.41) is 16.3. The van der Waals surface area contributed by atoms with E-state index in [0.29, 0.717) is 40.3 Å². The molecule has 0 fully saturated rings. The molecule has 1 N–H and O–H groups in total. The van der Waals surface area contributed by atoms with Gasteiger partial charge in [0.1, 0.15) is 5.69 Å². The molecule has 4 aromatic rings. The molecule has 9 heteroatoms. The van der Waals surface area contributed by atoms with Crippen molar-refractivity contribution >= 4 is 17.0 Å². The van der Waals surface area contributed by atoms with Crippen molar-refractivity contribution in [3.05, 3.63) is 48.0 Å². The van der Waals surface area contributed by atoms with Crippen molar-refractivity contribution in [2.24, 2.45) is 5.92 Å². The highest BCUT2D eigenvalue weighted by Gasteiger charge is 2.20. The standard InChI is InChI=1S/C20H23N7O2/c1-4-26-9-6-16(24-26)17-10-15(18-14(3)25-29-20(18)23-17)19(28)21-11-13(2)12-27-8-5-7-22-27/h5-10,13H,4,11-12H2,1-3H3,(H,21,28)/t13-/m1/s1. The summed E-state index contributed by atoms with van der Waals surface area (Å²) in [5.41, 5.74) is 2.72. The second-order valence-corrected chi connectivity index (χ2v) is 7.10. The van der Waals surface area contributed by atoms with Gasteiger partial charge in [0.15, 0.2) is 0 Å². The van der Waals surface area contributed by atoms with E-state index in [0.717, 1.165) is 13.1 Å². The van der Waals surface area contributed by atoms with Gasteiger partial charge in [-0.3, -0.25) is 14.2 Å². The van der Waals surface area contributed by atoms with Gasteiger partial charge in [-0.1, -0.05) is 12.1 Å². The Bertz CT molecular complexity index is 1130. The fraction of sp³-hybridized carbons (Fsp3) is 0.350. The highest BCUT2D eigenvalue weighted by atomic mass is 16.5. The number of fused-ring (bicyclic) bond motifs is 1. The molecule has 0 unspecified atom stereocenters. The van der Waals surface area contributed by atoms with Crippen LogP contribution in [0.4, 0.5) is 0 Å². The molecule has 4 rings (SSSR count). The molecule has 29 heavy (non-hydrogen) atoms. The summed E-state index contributed by atoms with van der Waals surface area (Å²) in [7, 11) is 0. The molecule has 1 atom stereocenters. The minimum Gasteiger partial charge on any atom is -0.352 e. The molecule has 150 valence electrons. The number of aryl methyl sites for hydroxylation is 2. The first-order valence-electron chi connectivity index (χ1n) is 9.61. The average Bonchev–Trinajstić information content (AvgIpc) is 3.47. The van der Waals surface area contributed by atoms with Gasteiger partial charge in [-0.05, 0) is 38.0 Å². The maximum atomic E-state index is 13.0. The van der Waals surface area contributed by atoms with Crippen molar-refractivity contribution in [3.63, 3.8) is 0 Å². The number of carbonyl (C=O) groups is 1. The lowest BCUT2D eigenvalue weighted by atomic mass is 10.1. The van der Waals surface area contributed by atoms with Gasteiger partial charge in [0.2, 0.25) is 0 Å². The van der Waals surface area contributed by atoms with E-state index < -0.39 is 0 Å². The quantitative estimate of drug-likeness (QED) is 0.518. The Morgan fingerprint density at radius 3 is 2.86 bits per heavy atom. The normalized spacial score (nSPS) is 12.4. The number of nitrogens with zero attached hydrogens (tertiary/aromatic N) is 6. The number of carbonyl (C=O) groups excluding carboxylic acids is 1. The Kier molecular flexibility index (Phi) is 5.11. The van der Waals surface area contributed by atoms with Crippen LogP contribution in [0, 0.1) is 12.8 Å². The Balaban J connectivity index is 1.59. The van der Waals surface area contributed by atoms with E-state index >= 15 is 0 Å². The van der Waals surface area contributed by atoms with Crippen LogP contribution in [0.1, 0.15) is 29.9 Å². The number of nitrogens with one attached hydrogen (secondary N) is 1. The molecular formula is C20H23N7O2. The summed E-state index contributed by atoms with van der Waals surface area (Å²) in [6, 6.07) is 5.51. The van der Waals surface area contributed by atoms with E-state index in [1.54, 1.807) is 19.2 Å². The van der Waals surface area contributed by atoms with Gasteiger partial charge in [0.05, 0.1) is 22.3 Å². The minimum atomic E-state index is -0.188. The predicted octanol–water partition coefficient (Wildman–Crippen LogP) is 2.68. The Hall–Kier alpha value is -3.49. The van der Waals surface area contributed by atoms with E-state index in [4.69, 9.17) is 4.52 Å². The smallest absolute Gasteiger partial charge is 0.259 e. The summed E-state index contributed by atoms with van der Waals surface area (Å²) in [6.45, 7) is 7.88. The molecule has 9 nitrogen and oxygen atoms in total. The van der Waals surface area contributed by atoms with E-state index in [1.165, 1.54) is 0 Å². The lowest BCUT2D eigenvalue weighted by Gasteiger charge is -2.13. The summed E-state index contributed by atoms with van der Waals surface area (Å²) < 4.78 is 9.01. The molecule has 4 aromatic heterocycles. The van der Waals surface area contributed by atoms with Crippen LogP contribution < -0.4 is 5.32 Å². The summed E-state index contributed by atoms with van der Waals surface area (Å²) in [4.78, 5) is 17.5. The van der Waals surface area contributed by atoms with Crippen molar-refractivity contribution in [3.8, 4) is 11.4 Å². The molecule has 0 aliphatic carbocycles. The molecular weight excluding hydrogens is 370 g/mol. The van der Waals surface area contributed by atoms with Gasteiger partial charge in [-0.15, -0.1) is 0 Å². The van der Waals surface area contributed by atoms with Crippen LogP contribution in [0.3, 0.4) is 0 Å². The average molecular weight is 393 g/mol. The predicted molar refractivity (Wildman–Crippen MR) is 107 cm³/mol. The monoisotopic (exact) mass is 393 g/mol. The van der Waals surface area contributed by atoms with E-state index in [2.05, 4.69) is 32.6 Å². The summed E-state index contributed by atoms with van der Waals surface area (Å²) in [6.07, 6.45) is 5.53. The zero-order valence-electron chi connectivity index (χ0n) is 16.7. The maximum Gasteiger partial charge on any atom is 0.259 e. The topological polar surface area (TPSA) is 104 Å². The molecule has 0 radical (unpaired) electrons. The van der Waals surface area contributed by atoms with Crippen LogP contribution in [-0.2, 0) is 13.1 Å². The zero-order chi connectivity index (χ0) is 20.4. The van der Waals surface area contributed by atoms with Crippen LogP contribution in [0.15, 0.2) is 41.3 Å².